The van der Waals surface area contributed by atoms with Gasteiger partial charge in [0.2, 0.25) is 0 Å². The lowest BCUT2D eigenvalue weighted by atomic mass is 9.97. The summed E-state index contributed by atoms with van der Waals surface area (Å²) in [5, 5.41) is 12.5. The number of hydrogen-bond donors (Lipinski definition) is 1. The first kappa shape index (κ1) is 17.1. The van der Waals surface area contributed by atoms with Crippen molar-refractivity contribution in [2.75, 3.05) is 12.3 Å². The highest BCUT2D eigenvalue weighted by molar-refractivity contribution is 7.99. The van der Waals surface area contributed by atoms with Crippen molar-refractivity contribution < 1.29 is 0 Å². The summed E-state index contributed by atoms with van der Waals surface area (Å²) in [5.41, 5.74) is 2.35. The minimum atomic E-state index is -0.361. The van der Waals surface area contributed by atoms with Gasteiger partial charge in [0.05, 0.1) is 6.07 Å². The van der Waals surface area contributed by atoms with Crippen LogP contribution in [0, 0.1) is 25.2 Å². The zero-order valence-electron chi connectivity index (χ0n) is 13.1. The number of benzene rings is 1. The molecule has 2 nitrogen and oxygen atoms in total. The maximum atomic E-state index is 9.19. The van der Waals surface area contributed by atoms with Crippen molar-refractivity contribution in [2.45, 2.75) is 57.4 Å². The van der Waals surface area contributed by atoms with Crippen LogP contribution in [0.3, 0.4) is 0 Å². The van der Waals surface area contributed by atoms with Crippen molar-refractivity contribution in [3.63, 3.8) is 0 Å². The number of thioether (sulfide) groups is 1. The Morgan fingerprint density at radius 3 is 2.60 bits per heavy atom. The molecule has 3 heteroatoms. The standard InChI is InChI=1S/C17H26N2S/c1-5-19-17(4,13-18)10-6-7-11-20-16-9-8-14(2)15(3)12-16/h8-9,12,19H,5-7,10-11H2,1-4H3. The van der Waals surface area contributed by atoms with Crippen molar-refractivity contribution in [1.29, 1.82) is 5.26 Å². The fourth-order valence-electron chi connectivity index (χ4n) is 2.15. The molecule has 1 atom stereocenters. The molecule has 1 rings (SSSR count). The van der Waals surface area contributed by atoms with Gasteiger partial charge < -0.3 is 0 Å². The first-order chi connectivity index (χ1) is 9.50. The van der Waals surface area contributed by atoms with Crippen LogP contribution in [0.25, 0.3) is 0 Å². The van der Waals surface area contributed by atoms with Crippen LogP contribution in [0.5, 0.6) is 0 Å². The van der Waals surface area contributed by atoms with Crippen molar-refractivity contribution in [3.8, 4) is 6.07 Å². The lowest BCUT2D eigenvalue weighted by Crippen LogP contribution is -2.40. The Balaban J connectivity index is 2.28. The van der Waals surface area contributed by atoms with Crippen LogP contribution in [-0.2, 0) is 0 Å². The first-order valence-corrected chi connectivity index (χ1v) is 8.35. The summed E-state index contributed by atoms with van der Waals surface area (Å²) in [6.07, 6.45) is 3.17. The van der Waals surface area contributed by atoms with Crippen LogP contribution >= 0.6 is 11.8 Å². The molecule has 0 spiro atoms. The van der Waals surface area contributed by atoms with E-state index in [0.29, 0.717) is 0 Å². The summed E-state index contributed by atoms with van der Waals surface area (Å²) in [4.78, 5) is 1.35. The highest BCUT2D eigenvalue weighted by Crippen LogP contribution is 2.23. The van der Waals surface area contributed by atoms with Gasteiger partial charge in [-0.2, -0.15) is 5.26 Å². The number of hydrogen-bond acceptors (Lipinski definition) is 3. The molecule has 110 valence electrons. The Morgan fingerprint density at radius 1 is 1.25 bits per heavy atom. The van der Waals surface area contributed by atoms with E-state index in [4.69, 9.17) is 0 Å². The molecule has 0 radical (unpaired) electrons. The zero-order chi connectivity index (χ0) is 15.0. The van der Waals surface area contributed by atoms with Crippen LogP contribution in [0.2, 0.25) is 0 Å². The number of nitriles is 1. The van der Waals surface area contributed by atoms with Gasteiger partial charge in [-0.1, -0.05) is 13.0 Å². The highest BCUT2D eigenvalue weighted by Gasteiger charge is 2.20. The van der Waals surface area contributed by atoms with Crippen molar-refractivity contribution in [1.82, 2.24) is 5.32 Å². The molecule has 0 aliphatic carbocycles. The molecule has 0 amide bonds. The minimum absolute atomic E-state index is 0.361. The molecule has 0 heterocycles. The highest BCUT2D eigenvalue weighted by atomic mass is 32.2. The molecule has 0 saturated carbocycles. The second kappa shape index (κ2) is 8.34. The fraction of sp³-hybridized carbons (Fsp3) is 0.588. The van der Waals surface area contributed by atoms with E-state index in [0.717, 1.165) is 31.6 Å². The van der Waals surface area contributed by atoms with E-state index in [1.807, 2.05) is 25.6 Å². The zero-order valence-corrected chi connectivity index (χ0v) is 13.9. The molecule has 1 N–H and O–H groups in total. The van der Waals surface area contributed by atoms with E-state index in [1.54, 1.807) is 0 Å². The third-order valence-corrected chi connectivity index (χ3v) is 4.71. The van der Waals surface area contributed by atoms with E-state index < -0.39 is 0 Å². The van der Waals surface area contributed by atoms with Gasteiger partial charge in [-0.15, -0.1) is 11.8 Å². The van der Waals surface area contributed by atoms with E-state index in [1.165, 1.54) is 16.0 Å². The number of nitrogens with zero attached hydrogens (tertiary/aromatic N) is 1. The number of nitrogens with one attached hydrogen (secondary N) is 1. The van der Waals surface area contributed by atoms with E-state index in [-0.39, 0.29) is 5.54 Å². The summed E-state index contributed by atoms with van der Waals surface area (Å²) in [6, 6.07) is 9.04. The Hall–Kier alpha value is -0.980. The number of rotatable bonds is 8. The Bertz CT molecular complexity index is 465. The number of unbranched alkanes of at least 4 members (excludes halogenated alkanes) is 1. The van der Waals surface area contributed by atoms with Crippen molar-refractivity contribution >= 4 is 11.8 Å². The maximum absolute atomic E-state index is 9.19. The topological polar surface area (TPSA) is 35.8 Å². The minimum Gasteiger partial charge on any atom is -0.300 e. The Labute approximate surface area is 128 Å². The fourth-order valence-corrected chi connectivity index (χ4v) is 3.16. The van der Waals surface area contributed by atoms with Gasteiger partial charge in [0.25, 0.3) is 0 Å². The molecule has 1 aromatic carbocycles. The maximum Gasteiger partial charge on any atom is 0.103 e. The van der Waals surface area contributed by atoms with E-state index >= 15 is 0 Å². The SMILES string of the molecule is CCNC(C)(C#N)CCCCSc1ccc(C)c(C)c1. The molecule has 0 aliphatic rings. The number of aryl methyl sites for hydroxylation is 2. The summed E-state index contributed by atoms with van der Waals surface area (Å²) >= 11 is 1.91. The van der Waals surface area contributed by atoms with Gasteiger partial charge in [-0.3, -0.25) is 5.32 Å². The van der Waals surface area contributed by atoms with Crippen LogP contribution in [0.4, 0.5) is 0 Å². The van der Waals surface area contributed by atoms with Gasteiger partial charge in [0.1, 0.15) is 5.54 Å². The third-order valence-electron chi connectivity index (χ3n) is 3.63. The summed E-state index contributed by atoms with van der Waals surface area (Å²) in [6.45, 7) is 9.20. The molecule has 1 aromatic rings. The van der Waals surface area contributed by atoms with E-state index in [9.17, 15) is 5.26 Å². The van der Waals surface area contributed by atoms with Crippen molar-refractivity contribution in [2.24, 2.45) is 0 Å². The second-order valence-corrected chi connectivity index (χ2v) is 6.69. The Morgan fingerprint density at radius 2 is 2.00 bits per heavy atom. The smallest absolute Gasteiger partial charge is 0.103 e. The molecule has 0 fully saturated rings. The predicted octanol–water partition coefficient (Wildman–Crippen LogP) is 4.46. The van der Waals surface area contributed by atoms with Gasteiger partial charge in [-0.05, 0) is 75.6 Å². The average Bonchev–Trinajstić information content (AvgIpc) is 2.42. The summed E-state index contributed by atoms with van der Waals surface area (Å²) < 4.78 is 0. The van der Waals surface area contributed by atoms with Crippen LogP contribution in [-0.4, -0.2) is 17.8 Å². The lowest BCUT2D eigenvalue weighted by molar-refractivity contribution is 0.415. The van der Waals surface area contributed by atoms with Crippen molar-refractivity contribution in [3.05, 3.63) is 29.3 Å². The van der Waals surface area contributed by atoms with Gasteiger partial charge in [-0.25, -0.2) is 0 Å². The second-order valence-electron chi connectivity index (χ2n) is 5.53. The normalized spacial score (nSPS) is 13.8. The molecule has 20 heavy (non-hydrogen) atoms. The van der Waals surface area contributed by atoms with Crippen LogP contribution < -0.4 is 5.32 Å². The third kappa shape index (κ3) is 5.56. The van der Waals surface area contributed by atoms with Crippen LogP contribution in [0.1, 0.15) is 44.2 Å². The van der Waals surface area contributed by atoms with Gasteiger partial charge >= 0.3 is 0 Å². The monoisotopic (exact) mass is 290 g/mol. The largest absolute Gasteiger partial charge is 0.300 e. The average molecular weight is 290 g/mol. The molecular formula is C17H26N2S. The first-order valence-electron chi connectivity index (χ1n) is 7.37. The molecule has 0 bridgehead atoms. The molecule has 0 aliphatic heterocycles. The van der Waals surface area contributed by atoms with Gasteiger partial charge in [0.15, 0.2) is 0 Å². The molecule has 0 saturated heterocycles. The van der Waals surface area contributed by atoms with Gasteiger partial charge in [0, 0.05) is 4.90 Å². The summed E-state index contributed by atoms with van der Waals surface area (Å²) in [7, 11) is 0. The molecular weight excluding hydrogens is 264 g/mol. The van der Waals surface area contributed by atoms with E-state index in [2.05, 4.69) is 43.4 Å². The summed E-state index contributed by atoms with van der Waals surface area (Å²) in [5.74, 6) is 1.12. The predicted molar refractivity (Wildman–Crippen MR) is 88.2 cm³/mol. The Kier molecular flexibility index (Phi) is 7.12. The van der Waals surface area contributed by atoms with Crippen LogP contribution in [0.15, 0.2) is 23.1 Å². The quantitative estimate of drug-likeness (QED) is 0.567. The molecule has 0 aromatic heterocycles. The lowest BCUT2D eigenvalue weighted by Gasteiger charge is -2.22. The molecule has 1 unspecified atom stereocenters.